The molecule has 0 radical (unpaired) electrons. The van der Waals surface area contributed by atoms with Crippen LogP contribution in [0, 0.1) is 12.8 Å². The standard InChI is InChI=1S/C22H26N6O2S/c1-14-17(26-13-25-14)12-27-10-15-9-16(11-27)21(28-18(15)3-2-4-20(28)29)22(30)24-6-5-19-23-7-8-31-19/h2-4,7-8,13,15-16,21H,5-6,9-12H2,1H3,(H,24,30)(H,25,26)/t15-,16+,21-/m1/s1. The van der Waals surface area contributed by atoms with E-state index in [2.05, 4.69) is 25.2 Å². The lowest BCUT2D eigenvalue weighted by atomic mass is 9.78. The maximum Gasteiger partial charge on any atom is 0.251 e. The molecule has 3 aromatic rings. The molecule has 0 spiro atoms. The zero-order chi connectivity index (χ0) is 21.4. The first-order valence-electron chi connectivity index (χ1n) is 10.7. The van der Waals surface area contributed by atoms with Gasteiger partial charge in [-0.3, -0.25) is 19.1 Å². The van der Waals surface area contributed by atoms with Crippen LogP contribution in [0.2, 0.25) is 0 Å². The van der Waals surface area contributed by atoms with E-state index in [-0.39, 0.29) is 23.3 Å². The van der Waals surface area contributed by atoms with Crippen molar-refractivity contribution in [1.82, 2.24) is 29.7 Å². The van der Waals surface area contributed by atoms with Crippen LogP contribution < -0.4 is 10.9 Å². The van der Waals surface area contributed by atoms with E-state index in [1.807, 2.05) is 24.4 Å². The summed E-state index contributed by atoms with van der Waals surface area (Å²) in [7, 11) is 0. The maximum absolute atomic E-state index is 13.3. The molecule has 3 atom stereocenters. The molecule has 2 aliphatic rings. The van der Waals surface area contributed by atoms with Crippen LogP contribution in [0.3, 0.4) is 0 Å². The van der Waals surface area contributed by atoms with Crippen molar-refractivity contribution in [2.45, 2.75) is 38.3 Å². The number of aryl methyl sites for hydroxylation is 1. The van der Waals surface area contributed by atoms with Crippen LogP contribution in [0.5, 0.6) is 0 Å². The van der Waals surface area contributed by atoms with E-state index in [4.69, 9.17) is 0 Å². The van der Waals surface area contributed by atoms with E-state index in [0.717, 1.165) is 48.1 Å². The van der Waals surface area contributed by atoms with Crippen molar-refractivity contribution in [1.29, 1.82) is 0 Å². The highest BCUT2D eigenvalue weighted by Gasteiger charge is 2.43. The third-order valence-corrected chi connectivity index (χ3v) is 7.26. The Balaban J connectivity index is 1.38. The van der Waals surface area contributed by atoms with Gasteiger partial charge < -0.3 is 10.3 Å². The number of hydrogen-bond acceptors (Lipinski definition) is 6. The van der Waals surface area contributed by atoms with Gasteiger partial charge in [0.15, 0.2) is 0 Å². The van der Waals surface area contributed by atoms with Gasteiger partial charge in [-0.1, -0.05) is 6.07 Å². The van der Waals surface area contributed by atoms with Crippen molar-refractivity contribution in [2.75, 3.05) is 19.6 Å². The Morgan fingerprint density at radius 1 is 1.32 bits per heavy atom. The van der Waals surface area contributed by atoms with E-state index < -0.39 is 6.04 Å². The molecular weight excluding hydrogens is 412 g/mol. The lowest BCUT2D eigenvalue weighted by molar-refractivity contribution is -0.127. The Labute approximate surface area is 184 Å². The monoisotopic (exact) mass is 438 g/mol. The largest absolute Gasteiger partial charge is 0.354 e. The predicted molar refractivity (Wildman–Crippen MR) is 118 cm³/mol. The predicted octanol–water partition coefficient (Wildman–Crippen LogP) is 1.86. The molecule has 2 bridgehead atoms. The van der Waals surface area contributed by atoms with Gasteiger partial charge in [-0.25, -0.2) is 9.97 Å². The van der Waals surface area contributed by atoms with E-state index >= 15 is 0 Å². The lowest BCUT2D eigenvalue weighted by Crippen LogP contribution is -2.53. The summed E-state index contributed by atoms with van der Waals surface area (Å²) in [5, 5.41) is 6.00. The molecule has 2 aliphatic heterocycles. The topological polar surface area (TPSA) is 95.9 Å². The molecule has 0 aromatic carbocycles. The smallest absolute Gasteiger partial charge is 0.251 e. The Hall–Kier alpha value is -2.78. The van der Waals surface area contributed by atoms with Crippen LogP contribution in [0.4, 0.5) is 0 Å². The molecule has 0 unspecified atom stereocenters. The molecule has 5 rings (SSSR count). The molecule has 8 nitrogen and oxygen atoms in total. The van der Waals surface area contributed by atoms with Gasteiger partial charge in [-0.05, 0) is 19.4 Å². The SMILES string of the molecule is Cc1[nH]cnc1CN1C[C@H]2C[C@@H](C1)[C@H](C(=O)NCCc1nccs1)n1c2cccc1=O. The van der Waals surface area contributed by atoms with E-state index in [9.17, 15) is 9.59 Å². The quantitative estimate of drug-likeness (QED) is 0.612. The number of aromatic nitrogens is 4. The molecule has 9 heteroatoms. The third kappa shape index (κ3) is 3.95. The minimum Gasteiger partial charge on any atom is -0.354 e. The van der Waals surface area contributed by atoms with Crippen molar-refractivity contribution in [2.24, 2.45) is 5.92 Å². The Bertz CT molecular complexity index is 1120. The first-order valence-corrected chi connectivity index (χ1v) is 11.6. The van der Waals surface area contributed by atoms with Gasteiger partial charge in [0.05, 0.1) is 17.0 Å². The van der Waals surface area contributed by atoms with Gasteiger partial charge in [0, 0.05) is 73.5 Å². The van der Waals surface area contributed by atoms with Crippen LogP contribution in [-0.2, 0) is 17.8 Å². The molecular formula is C22H26N6O2S. The molecule has 5 heterocycles. The zero-order valence-electron chi connectivity index (χ0n) is 17.5. The summed E-state index contributed by atoms with van der Waals surface area (Å²) in [6, 6.07) is 4.88. The number of thiazole rings is 1. The van der Waals surface area contributed by atoms with E-state index in [0.29, 0.717) is 13.0 Å². The fraction of sp³-hybridized carbons (Fsp3) is 0.455. The average Bonchev–Trinajstić information content (AvgIpc) is 3.41. The van der Waals surface area contributed by atoms with E-state index in [1.54, 1.807) is 34.5 Å². The molecule has 31 heavy (non-hydrogen) atoms. The Kier molecular flexibility index (Phi) is 5.45. The number of likely N-dealkylation sites (tertiary alicyclic amines) is 1. The number of piperidine rings is 1. The van der Waals surface area contributed by atoms with E-state index in [1.165, 1.54) is 0 Å². The molecule has 1 saturated heterocycles. The minimum atomic E-state index is -0.487. The fourth-order valence-corrected chi connectivity index (χ4v) is 5.65. The normalized spacial score (nSPS) is 22.8. The third-order valence-electron chi connectivity index (χ3n) is 6.42. The number of nitrogens with one attached hydrogen (secondary N) is 2. The number of H-pyrrole nitrogens is 1. The number of imidazole rings is 1. The summed E-state index contributed by atoms with van der Waals surface area (Å²) in [5.74, 6) is 0.254. The van der Waals surface area contributed by atoms with Crippen LogP contribution in [0.15, 0.2) is 40.9 Å². The summed E-state index contributed by atoms with van der Waals surface area (Å²) in [5.41, 5.74) is 2.98. The molecule has 1 fully saturated rings. The summed E-state index contributed by atoms with van der Waals surface area (Å²) < 4.78 is 1.74. The zero-order valence-corrected chi connectivity index (χ0v) is 18.3. The number of pyridine rings is 1. The first kappa shape index (κ1) is 20.1. The maximum atomic E-state index is 13.3. The fourth-order valence-electron chi connectivity index (χ4n) is 5.03. The molecule has 162 valence electrons. The molecule has 0 aliphatic carbocycles. The number of carbonyl (C=O) groups is 1. The van der Waals surface area contributed by atoms with Gasteiger partial charge in [0.25, 0.3) is 5.56 Å². The summed E-state index contributed by atoms with van der Waals surface area (Å²) in [4.78, 5) is 40.3. The second-order valence-electron chi connectivity index (χ2n) is 8.43. The number of aromatic amines is 1. The highest BCUT2D eigenvalue weighted by Crippen LogP contribution is 2.41. The summed E-state index contributed by atoms with van der Waals surface area (Å²) in [6.07, 6.45) is 5.12. The van der Waals surface area contributed by atoms with Crippen molar-refractivity contribution >= 4 is 17.2 Å². The van der Waals surface area contributed by atoms with Gasteiger partial charge in [0.2, 0.25) is 5.91 Å². The van der Waals surface area contributed by atoms with Crippen molar-refractivity contribution < 1.29 is 4.79 Å². The van der Waals surface area contributed by atoms with Crippen LogP contribution in [-0.4, -0.2) is 50.0 Å². The van der Waals surface area contributed by atoms with Crippen molar-refractivity contribution in [3.63, 3.8) is 0 Å². The Morgan fingerprint density at radius 2 is 2.23 bits per heavy atom. The van der Waals surface area contributed by atoms with Crippen molar-refractivity contribution in [3.8, 4) is 0 Å². The molecule has 0 saturated carbocycles. The number of carbonyl (C=O) groups excluding carboxylic acids is 1. The summed E-state index contributed by atoms with van der Waals surface area (Å²) >= 11 is 1.59. The number of rotatable bonds is 6. The minimum absolute atomic E-state index is 0.0765. The molecule has 3 aromatic heterocycles. The summed E-state index contributed by atoms with van der Waals surface area (Å²) in [6.45, 7) is 4.93. The second kappa shape index (κ2) is 8.39. The molecule has 2 N–H and O–H groups in total. The number of hydrogen-bond donors (Lipinski definition) is 2. The van der Waals surface area contributed by atoms with Gasteiger partial charge >= 0.3 is 0 Å². The van der Waals surface area contributed by atoms with Gasteiger partial charge in [-0.2, -0.15) is 0 Å². The second-order valence-corrected chi connectivity index (χ2v) is 9.41. The Morgan fingerprint density at radius 3 is 3.00 bits per heavy atom. The van der Waals surface area contributed by atoms with Crippen LogP contribution in [0.1, 0.15) is 40.5 Å². The number of fused-ring (bicyclic) bond motifs is 4. The average molecular weight is 439 g/mol. The van der Waals surface area contributed by atoms with Crippen molar-refractivity contribution in [3.05, 3.63) is 68.5 Å². The van der Waals surface area contributed by atoms with Gasteiger partial charge in [0.1, 0.15) is 6.04 Å². The van der Waals surface area contributed by atoms with Gasteiger partial charge in [-0.15, -0.1) is 11.3 Å². The number of amides is 1. The lowest BCUT2D eigenvalue weighted by Gasteiger charge is -2.46. The first-order chi connectivity index (χ1) is 15.1. The highest BCUT2D eigenvalue weighted by molar-refractivity contribution is 7.09. The van der Waals surface area contributed by atoms with Crippen LogP contribution >= 0.6 is 11.3 Å². The highest BCUT2D eigenvalue weighted by atomic mass is 32.1. The number of nitrogens with zero attached hydrogens (tertiary/aromatic N) is 4. The van der Waals surface area contributed by atoms with Crippen LogP contribution in [0.25, 0.3) is 0 Å². The molecule has 1 amide bonds.